The number of alkyl halides is 4. The lowest BCUT2D eigenvalue weighted by Crippen LogP contribution is -2.27. The zero-order valence-corrected chi connectivity index (χ0v) is 14.7. The molecular formula is C12H10Br4. The Bertz CT molecular complexity index is 406. The van der Waals surface area contributed by atoms with Crippen molar-refractivity contribution in [2.45, 2.75) is 19.3 Å². The second-order valence-electron chi connectivity index (χ2n) is 4.01. The van der Waals surface area contributed by atoms with Gasteiger partial charge in [0.25, 0.3) is 0 Å². The van der Waals surface area contributed by atoms with E-state index in [4.69, 9.17) is 0 Å². The summed E-state index contributed by atoms with van der Waals surface area (Å²) in [6.07, 6.45) is 4.15. The summed E-state index contributed by atoms with van der Waals surface area (Å²) in [5.41, 5.74) is 2.60. The van der Waals surface area contributed by atoms with Crippen LogP contribution in [0.2, 0.25) is 0 Å². The van der Waals surface area contributed by atoms with Crippen molar-refractivity contribution < 1.29 is 0 Å². The second-order valence-corrected chi connectivity index (χ2v) is 12.0. The summed E-state index contributed by atoms with van der Waals surface area (Å²) in [4.78, 5) is 0. The van der Waals surface area contributed by atoms with Gasteiger partial charge in [-0.25, -0.2) is 0 Å². The van der Waals surface area contributed by atoms with Gasteiger partial charge in [-0.05, 0) is 17.6 Å². The molecule has 0 heterocycles. The Morgan fingerprint density at radius 1 is 0.938 bits per heavy atom. The summed E-state index contributed by atoms with van der Waals surface area (Å²) in [5.74, 6) is 0. The monoisotopic (exact) mass is 470 g/mol. The summed E-state index contributed by atoms with van der Waals surface area (Å²) in [7, 11) is 0. The normalized spacial score (nSPS) is 22.6. The van der Waals surface area contributed by atoms with Crippen LogP contribution in [0.15, 0.2) is 36.4 Å². The third-order valence-electron chi connectivity index (χ3n) is 2.47. The van der Waals surface area contributed by atoms with Gasteiger partial charge in [0.15, 0.2) is 0 Å². The van der Waals surface area contributed by atoms with E-state index in [1.807, 2.05) is 6.07 Å². The fourth-order valence-corrected chi connectivity index (χ4v) is 6.38. The quantitative estimate of drug-likeness (QED) is 0.450. The maximum atomic E-state index is 3.72. The van der Waals surface area contributed by atoms with E-state index < -0.39 is 0 Å². The average Bonchev–Trinajstić information content (AvgIpc) is 2.14. The van der Waals surface area contributed by atoms with E-state index in [2.05, 4.69) is 94.1 Å². The van der Waals surface area contributed by atoms with Gasteiger partial charge in [0.2, 0.25) is 0 Å². The van der Waals surface area contributed by atoms with Crippen LogP contribution in [0.4, 0.5) is 0 Å². The highest BCUT2D eigenvalue weighted by molar-refractivity contribution is 9.26. The van der Waals surface area contributed by atoms with Gasteiger partial charge >= 0.3 is 0 Å². The molecule has 0 amide bonds. The molecule has 0 spiro atoms. The van der Waals surface area contributed by atoms with E-state index in [0.717, 1.165) is 12.8 Å². The van der Waals surface area contributed by atoms with Gasteiger partial charge in [-0.15, -0.1) is 0 Å². The Labute approximate surface area is 129 Å². The molecule has 0 atom stereocenters. The van der Waals surface area contributed by atoms with Crippen molar-refractivity contribution in [3.8, 4) is 0 Å². The first kappa shape index (κ1) is 13.3. The Kier molecular flexibility index (Phi) is 4.05. The highest BCUT2D eigenvalue weighted by atomic mass is 79.9. The Morgan fingerprint density at radius 3 is 2.12 bits per heavy atom. The molecule has 1 aromatic carbocycles. The molecule has 16 heavy (non-hydrogen) atoms. The van der Waals surface area contributed by atoms with E-state index in [-0.39, 0.29) is 6.47 Å². The highest BCUT2D eigenvalue weighted by Gasteiger charge is 2.38. The maximum Gasteiger partial charge on any atom is 0.101 e. The van der Waals surface area contributed by atoms with E-state index in [0.29, 0.717) is 0 Å². The molecule has 0 unspecified atom stereocenters. The number of hydrogen-bond donors (Lipinski definition) is 0. The summed E-state index contributed by atoms with van der Waals surface area (Å²) in [6.45, 7) is 0. The van der Waals surface area contributed by atoms with E-state index in [1.165, 1.54) is 11.1 Å². The number of rotatable bonds is 1. The third-order valence-corrected chi connectivity index (χ3v) is 4.61. The van der Waals surface area contributed by atoms with Gasteiger partial charge in [0, 0.05) is 6.42 Å². The largest absolute Gasteiger partial charge is 0.101 e. The standard InChI is InChI=1S/C12H10Br4/c13-11(14)6-10(7-12(15,16)8-11)9-4-2-1-3-5-9/h1-6H,7-8H2. The molecular weight excluding hydrogens is 464 g/mol. The minimum absolute atomic E-state index is 0.0487. The Hall–Kier alpha value is 0.880. The predicted octanol–water partition coefficient (Wildman–Crippen LogP) is 5.84. The molecule has 0 aromatic heterocycles. The first-order valence-electron chi connectivity index (χ1n) is 4.91. The van der Waals surface area contributed by atoms with E-state index >= 15 is 0 Å². The zero-order valence-electron chi connectivity index (χ0n) is 8.39. The van der Waals surface area contributed by atoms with Gasteiger partial charge < -0.3 is 0 Å². The summed E-state index contributed by atoms with van der Waals surface area (Å²) < 4.78 is -0.191. The van der Waals surface area contributed by atoms with Crippen LogP contribution in [0.1, 0.15) is 18.4 Å². The topological polar surface area (TPSA) is 0 Å². The molecule has 0 N–H and O–H groups in total. The zero-order chi connectivity index (χ0) is 11.8. The van der Waals surface area contributed by atoms with E-state index in [9.17, 15) is 0 Å². The third kappa shape index (κ3) is 3.44. The fraction of sp³-hybridized carbons (Fsp3) is 0.333. The molecule has 0 aliphatic heterocycles. The van der Waals surface area contributed by atoms with Crippen LogP contribution in [0.5, 0.6) is 0 Å². The molecule has 2 rings (SSSR count). The fourth-order valence-electron chi connectivity index (χ4n) is 1.88. The average molecular weight is 474 g/mol. The van der Waals surface area contributed by atoms with Crippen LogP contribution >= 0.6 is 63.7 Å². The van der Waals surface area contributed by atoms with Crippen LogP contribution < -0.4 is 0 Å². The molecule has 1 aliphatic rings. The van der Waals surface area contributed by atoms with Crippen LogP contribution in [-0.4, -0.2) is 6.47 Å². The highest BCUT2D eigenvalue weighted by Crippen LogP contribution is 2.52. The van der Waals surface area contributed by atoms with Crippen molar-refractivity contribution in [1.29, 1.82) is 0 Å². The molecule has 1 aliphatic carbocycles. The van der Waals surface area contributed by atoms with Gasteiger partial charge in [-0.1, -0.05) is 100 Å². The summed E-state index contributed by atoms with van der Waals surface area (Å²) in [5, 5.41) is 0. The number of halogens is 4. The predicted molar refractivity (Wildman–Crippen MR) is 84.8 cm³/mol. The molecule has 0 nitrogen and oxygen atoms in total. The summed E-state index contributed by atoms with van der Waals surface area (Å²) >= 11 is 14.8. The van der Waals surface area contributed by atoms with Crippen LogP contribution in [0.25, 0.3) is 5.57 Å². The Morgan fingerprint density at radius 2 is 1.56 bits per heavy atom. The number of benzene rings is 1. The molecule has 0 radical (unpaired) electrons. The second kappa shape index (κ2) is 4.87. The lowest BCUT2D eigenvalue weighted by molar-refractivity contribution is 0.735. The van der Waals surface area contributed by atoms with Crippen molar-refractivity contribution in [2.24, 2.45) is 0 Å². The van der Waals surface area contributed by atoms with Gasteiger partial charge in [0.1, 0.15) is 3.23 Å². The molecule has 0 saturated carbocycles. The maximum absolute atomic E-state index is 3.72. The molecule has 86 valence electrons. The van der Waals surface area contributed by atoms with Crippen molar-refractivity contribution in [1.82, 2.24) is 0 Å². The Balaban J connectivity index is 2.38. The van der Waals surface area contributed by atoms with Crippen molar-refractivity contribution in [3.05, 3.63) is 42.0 Å². The lowest BCUT2D eigenvalue weighted by Gasteiger charge is -2.34. The minimum atomic E-state index is -0.142. The molecule has 0 bridgehead atoms. The van der Waals surface area contributed by atoms with Crippen LogP contribution in [0.3, 0.4) is 0 Å². The summed E-state index contributed by atoms with van der Waals surface area (Å²) in [6, 6.07) is 10.5. The molecule has 4 heteroatoms. The number of hydrogen-bond acceptors (Lipinski definition) is 0. The molecule has 1 aromatic rings. The number of allylic oxidation sites excluding steroid dienone is 2. The van der Waals surface area contributed by atoms with Crippen molar-refractivity contribution >= 4 is 69.3 Å². The van der Waals surface area contributed by atoms with Crippen LogP contribution in [0, 0.1) is 0 Å². The van der Waals surface area contributed by atoms with Gasteiger partial charge in [-0.3, -0.25) is 0 Å². The first-order chi connectivity index (χ1) is 7.38. The smallest absolute Gasteiger partial charge is 0.0723 e. The van der Waals surface area contributed by atoms with Gasteiger partial charge in [-0.2, -0.15) is 0 Å². The van der Waals surface area contributed by atoms with E-state index in [1.54, 1.807) is 0 Å². The minimum Gasteiger partial charge on any atom is -0.0723 e. The van der Waals surface area contributed by atoms with Crippen LogP contribution in [-0.2, 0) is 0 Å². The SMILES string of the molecule is BrC1(Br)C=C(c2ccccc2)CC(Br)(Br)C1. The lowest BCUT2D eigenvalue weighted by atomic mass is 9.93. The molecule has 0 saturated heterocycles. The van der Waals surface area contributed by atoms with Gasteiger partial charge in [0.05, 0.1) is 3.23 Å². The first-order valence-corrected chi connectivity index (χ1v) is 8.08. The van der Waals surface area contributed by atoms with Crippen molar-refractivity contribution in [3.63, 3.8) is 0 Å². The molecule has 0 fully saturated rings. The van der Waals surface area contributed by atoms with Crippen molar-refractivity contribution in [2.75, 3.05) is 0 Å².